The highest BCUT2D eigenvalue weighted by molar-refractivity contribution is 6.34. The Morgan fingerprint density at radius 2 is 1.64 bits per heavy atom. The standard InChI is InChI=1S/C27H29ClN2O3/c1-3-33-25(31)19-30(2)18-21-14-12-20(13-15-21)16-17-29-27(32)26-23(10-7-11-24(26)28)22-8-5-4-6-9-22/h4-15H,3,16-19H2,1-2H3,(H,29,32). The van der Waals surface area contributed by atoms with Gasteiger partial charge in [-0.3, -0.25) is 14.5 Å². The summed E-state index contributed by atoms with van der Waals surface area (Å²) in [6.07, 6.45) is 0.704. The number of amides is 1. The Morgan fingerprint density at radius 3 is 2.33 bits per heavy atom. The van der Waals surface area contributed by atoms with Crippen LogP contribution in [0.15, 0.2) is 72.8 Å². The molecular formula is C27H29ClN2O3. The van der Waals surface area contributed by atoms with Gasteiger partial charge in [0.05, 0.1) is 23.7 Å². The number of carbonyl (C=O) groups excluding carboxylic acids is 2. The van der Waals surface area contributed by atoms with Gasteiger partial charge >= 0.3 is 5.97 Å². The van der Waals surface area contributed by atoms with E-state index in [1.165, 1.54) is 0 Å². The predicted molar refractivity (Wildman–Crippen MR) is 132 cm³/mol. The second-order valence-electron chi connectivity index (χ2n) is 7.83. The molecule has 33 heavy (non-hydrogen) atoms. The third-order valence-corrected chi connectivity index (χ3v) is 5.52. The summed E-state index contributed by atoms with van der Waals surface area (Å²) in [6.45, 7) is 3.61. The highest BCUT2D eigenvalue weighted by atomic mass is 35.5. The van der Waals surface area contributed by atoms with Gasteiger partial charge in [0, 0.05) is 13.1 Å². The number of carbonyl (C=O) groups is 2. The molecule has 0 aliphatic carbocycles. The first kappa shape index (κ1) is 24.5. The van der Waals surface area contributed by atoms with Gasteiger partial charge in [0.2, 0.25) is 0 Å². The smallest absolute Gasteiger partial charge is 0.320 e. The van der Waals surface area contributed by atoms with E-state index in [2.05, 4.69) is 5.32 Å². The molecule has 0 saturated heterocycles. The Morgan fingerprint density at radius 1 is 0.939 bits per heavy atom. The second kappa shape index (κ2) is 12.2. The molecule has 5 nitrogen and oxygen atoms in total. The van der Waals surface area contributed by atoms with Crippen molar-refractivity contribution in [3.05, 3.63) is 94.5 Å². The molecule has 0 aromatic heterocycles. The monoisotopic (exact) mass is 464 g/mol. The van der Waals surface area contributed by atoms with Crippen LogP contribution in [-0.2, 0) is 22.5 Å². The maximum Gasteiger partial charge on any atom is 0.320 e. The third kappa shape index (κ3) is 7.17. The molecule has 0 heterocycles. The summed E-state index contributed by atoms with van der Waals surface area (Å²) < 4.78 is 4.98. The molecule has 172 valence electrons. The summed E-state index contributed by atoms with van der Waals surface area (Å²) in [7, 11) is 1.89. The van der Waals surface area contributed by atoms with Crippen molar-refractivity contribution < 1.29 is 14.3 Å². The molecule has 3 rings (SSSR count). The number of ether oxygens (including phenoxy) is 1. The van der Waals surface area contributed by atoms with Gasteiger partial charge in [-0.15, -0.1) is 0 Å². The Labute approximate surface area is 200 Å². The zero-order valence-corrected chi connectivity index (χ0v) is 19.8. The first-order valence-corrected chi connectivity index (χ1v) is 11.4. The molecule has 0 saturated carbocycles. The van der Waals surface area contributed by atoms with Crippen LogP contribution in [0.3, 0.4) is 0 Å². The molecule has 0 fully saturated rings. The first-order chi connectivity index (χ1) is 16.0. The number of rotatable bonds is 10. The van der Waals surface area contributed by atoms with E-state index in [0.717, 1.165) is 22.3 Å². The van der Waals surface area contributed by atoms with Gasteiger partial charge in [-0.25, -0.2) is 0 Å². The number of hydrogen-bond donors (Lipinski definition) is 1. The van der Waals surface area contributed by atoms with Crippen LogP contribution in [-0.4, -0.2) is 43.5 Å². The molecule has 0 spiro atoms. The minimum atomic E-state index is -0.221. The predicted octanol–water partition coefficient (Wildman–Crippen LogP) is 4.97. The van der Waals surface area contributed by atoms with E-state index in [1.54, 1.807) is 13.0 Å². The Balaban J connectivity index is 1.55. The van der Waals surface area contributed by atoms with Crippen molar-refractivity contribution in [2.24, 2.45) is 0 Å². The largest absolute Gasteiger partial charge is 0.465 e. The van der Waals surface area contributed by atoms with E-state index in [0.29, 0.717) is 36.7 Å². The average Bonchev–Trinajstić information content (AvgIpc) is 2.80. The summed E-state index contributed by atoms with van der Waals surface area (Å²) in [5, 5.41) is 3.43. The summed E-state index contributed by atoms with van der Waals surface area (Å²) in [4.78, 5) is 26.4. The van der Waals surface area contributed by atoms with Crippen molar-refractivity contribution in [2.45, 2.75) is 19.9 Å². The summed E-state index contributed by atoms with van der Waals surface area (Å²) in [6, 6.07) is 23.4. The fourth-order valence-corrected chi connectivity index (χ4v) is 3.89. The molecule has 0 radical (unpaired) electrons. The zero-order valence-electron chi connectivity index (χ0n) is 19.0. The van der Waals surface area contributed by atoms with Crippen LogP contribution in [0.25, 0.3) is 11.1 Å². The number of nitrogens with zero attached hydrogens (tertiary/aromatic N) is 1. The number of nitrogens with one attached hydrogen (secondary N) is 1. The summed E-state index contributed by atoms with van der Waals surface area (Å²) >= 11 is 6.38. The molecule has 0 unspecified atom stereocenters. The van der Waals surface area contributed by atoms with Crippen LogP contribution >= 0.6 is 11.6 Å². The lowest BCUT2D eigenvalue weighted by Crippen LogP contribution is -2.27. The first-order valence-electron chi connectivity index (χ1n) is 11.0. The molecule has 0 aliphatic heterocycles. The molecule has 0 atom stereocenters. The van der Waals surface area contributed by atoms with E-state index in [9.17, 15) is 9.59 Å². The fraction of sp³-hybridized carbons (Fsp3) is 0.259. The zero-order chi connectivity index (χ0) is 23.6. The van der Waals surface area contributed by atoms with Gasteiger partial charge in [0.1, 0.15) is 0 Å². The minimum absolute atomic E-state index is 0.184. The van der Waals surface area contributed by atoms with Crippen LogP contribution in [0.5, 0.6) is 0 Å². The summed E-state index contributed by atoms with van der Waals surface area (Å²) in [5.41, 5.74) is 4.49. The lowest BCUT2D eigenvalue weighted by atomic mass is 9.99. The van der Waals surface area contributed by atoms with Crippen LogP contribution in [0.4, 0.5) is 0 Å². The van der Waals surface area contributed by atoms with E-state index >= 15 is 0 Å². The Bertz CT molecular complexity index is 1070. The van der Waals surface area contributed by atoms with E-state index < -0.39 is 0 Å². The molecule has 3 aromatic carbocycles. The van der Waals surface area contributed by atoms with E-state index in [4.69, 9.17) is 16.3 Å². The van der Waals surface area contributed by atoms with E-state index in [-0.39, 0.29) is 18.4 Å². The van der Waals surface area contributed by atoms with Crippen molar-refractivity contribution in [3.63, 3.8) is 0 Å². The van der Waals surface area contributed by atoms with Gasteiger partial charge in [-0.2, -0.15) is 0 Å². The number of halogens is 1. The van der Waals surface area contributed by atoms with Crippen LogP contribution in [0, 0.1) is 0 Å². The van der Waals surface area contributed by atoms with E-state index in [1.807, 2.05) is 78.7 Å². The molecule has 1 amide bonds. The maximum atomic E-state index is 12.9. The topological polar surface area (TPSA) is 58.6 Å². The van der Waals surface area contributed by atoms with Gasteiger partial charge in [-0.1, -0.05) is 78.3 Å². The van der Waals surface area contributed by atoms with Crippen molar-refractivity contribution in [1.82, 2.24) is 10.2 Å². The highest BCUT2D eigenvalue weighted by Gasteiger charge is 2.16. The van der Waals surface area contributed by atoms with Crippen LogP contribution in [0.2, 0.25) is 5.02 Å². The van der Waals surface area contributed by atoms with Crippen molar-refractivity contribution in [1.29, 1.82) is 0 Å². The number of hydrogen-bond acceptors (Lipinski definition) is 4. The van der Waals surface area contributed by atoms with Gasteiger partial charge in [-0.05, 0) is 48.7 Å². The quantitative estimate of drug-likeness (QED) is 0.430. The third-order valence-electron chi connectivity index (χ3n) is 5.20. The van der Waals surface area contributed by atoms with Gasteiger partial charge < -0.3 is 10.1 Å². The van der Waals surface area contributed by atoms with Crippen LogP contribution in [0.1, 0.15) is 28.4 Å². The number of esters is 1. The fourth-order valence-electron chi connectivity index (χ4n) is 3.63. The van der Waals surface area contributed by atoms with Crippen molar-refractivity contribution in [2.75, 3.05) is 26.7 Å². The normalized spacial score (nSPS) is 10.8. The maximum absolute atomic E-state index is 12.9. The van der Waals surface area contributed by atoms with Crippen LogP contribution < -0.4 is 5.32 Å². The minimum Gasteiger partial charge on any atom is -0.465 e. The van der Waals surface area contributed by atoms with Crippen molar-refractivity contribution in [3.8, 4) is 11.1 Å². The second-order valence-corrected chi connectivity index (χ2v) is 8.24. The van der Waals surface area contributed by atoms with Crippen molar-refractivity contribution >= 4 is 23.5 Å². The average molecular weight is 465 g/mol. The molecular weight excluding hydrogens is 436 g/mol. The van der Waals surface area contributed by atoms with Gasteiger partial charge in [0.25, 0.3) is 5.91 Å². The number of likely N-dealkylation sites (N-methyl/N-ethyl adjacent to an activating group) is 1. The van der Waals surface area contributed by atoms with Gasteiger partial charge in [0.15, 0.2) is 0 Å². The highest BCUT2D eigenvalue weighted by Crippen LogP contribution is 2.29. The number of benzene rings is 3. The Hall–Kier alpha value is -3.15. The molecule has 0 bridgehead atoms. The Kier molecular flexibility index (Phi) is 9.04. The lowest BCUT2D eigenvalue weighted by molar-refractivity contribution is -0.144. The molecule has 6 heteroatoms. The molecule has 1 N–H and O–H groups in total. The molecule has 0 aliphatic rings. The molecule has 3 aromatic rings. The summed E-state index contributed by atoms with van der Waals surface area (Å²) in [5.74, 6) is -0.405. The lowest BCUT2D eigenvalue weighted by Gasteiger charge is -2.16. The SMILES string of the molecule is CCOC(=O)CN(C)Cc1ccc(CCNC(=O)c2c(Cl)cccc2-c2ccccc2)cc1.